The molecule has 160 valence electrons. The fourth-order valence-electron chi connectivity index (χ4n) is 4.11. The van der Waals surface area contributed by atoms with Gasteiger partial charge in [-0.1, -0.05) is 19.3 Å². The van der Waals surface area contributed by atoms with Crippen LogP contribution in [0.4, 0.5) is 0 Å². The van der Waals surface area contributed by atoms with Crippen LogP contribution < -0.4 is 5.32 Å². The summed E-state index contributed by atoms with van der Waals surface area (Å²) in [5, 5.41) is 3.02. The van der Waals surface area contributed by atoms with E-state index in [2.05, 4.69) is 5.32 Å². The zero-order chi connectivity index (χ0) is 21.0. The van der Waals surface area contributed by atoms with Crippen LogP contribution in [0.5, 0.6) is 0 Å². The lowest BCUT2D eigenvalue weighted by Gasteiger charge is -2.35. The summed E-state index contributed by atoms with van der Waals surface area (Å²) in [4.78, 5) is 27.3. The Morgan fingerprint density at radius 3 is 2.10 bits per heavy atom. The quantitative estimate of drug-likeness (QED) is 0.790. The molecule has 0 aromatic heterocycles. The topological polar surface area (TPSA) is 86.8 Å². The molecule has 0 radical (unpaired) electrons. The average Bonchev–Trinajstić information content (AvgIpc) is 2.74. The van der Waals surface area contributed by atoms with Gasteiger partial charge in [-0.15, -0.1) is 0 Å². The Kier molecular flexibility index (Phi) is 6.95. The molecule has 7 nitrogen and oxygen atoms in total. The summed E-state index contributed by atoms with van der Waals surface area (Å²) in [6, 6.07) is 6.01. The molecular formula is C21H31N3O4S. The highest BCUT2D eigenvalue weighted by atomic mass is 32.2. The van der Waals surface area contributed by atoms with Crippen molar-refractivity contribution in [2.45, 2.75) is 55.9 Å². The summed E-state index contributed by atoms with van der Waals surface area (Å²) in [5.74, 6) is 0.259. The zero-order valence-electron chi connectivity index (χ0n) is 17.3. The number of hydrogen-bond acceptors (Lipinski definition) is 4. The fourth-order valence-corrected chi connectivity index (χ4v) is 5.01. The standard InChI is InChI=1S/C21H31N3O4S/c1-23(2)29(27,28)19-10-8-16(9-11-19)20(25)22-18-12-14-24(15-13-18)21(26)17-6-4-3-5-7-17/h8-11,17-18H,3-7,12-15H2,1-2H3,(H,22,25). The van der Waals surface area contributed by atoms with Gasteiger partial charge in [0.15, 0.2) is 0 Å². The monoisotopic (exact) mass is 421 g/mol. The van der Waals surface area contributed by atoms with Crippen LogP contribution in [-0.2, 0) is 14.8 Å². The molecule has 1 aromatic rings. The van der Waals surface area contributed by atoms with Gasteiger partial charge in [0.2, 0.25) is 15.9 Å². The first kappa shape index (κ1) is 21.8. The molecule has 2 fully saturated rings. The summed E-state index contributed by atoms with van der Waals surface area (Å²) >= 11 is 0. The van der Waals surface area contributed by atoms with Gasteiger partial charge >= 0.3 is 0 Å². The molecular weight excluding hydrogens is 390 g/mol. The molecule has 1 saturated heterocycles. The number of sulfonamides is 1. The third-order valence-corrected chi connectivity index (χ3v) is 7.82. The third-order valence-electron chi connectivity index (χ3n) is 5.99. The maximum absolute atomic E-state index is 12.7. The minimum atomic E-state index is -3.51. The van der Waals surface area contributed by atoms with Gasteiger partial charge in [-0.3, -0.25) is 9.59 Å². The van der Waals surface area contributed by atoms with E-state index < -0.39 is 10.0 Å². The van der Waals surface area contributed by atoms with E-state index in [1.54, 1.807) is 0 Å². The smallest absolute Gasteiger partial charge is 0.251 e. The molecule has 0 unspecified atom stereocenters. The van der Waals surface area contributed by atoms with Gasteiger partial charge in [0.1, 0.15) is 0 Å². The molecule has 1 aliphatic heterocycles. The molecule has 1 heterocycles. The van der Waals surface area contributed by atoms with Crippen LogP contribution in [0.1, 0.15) is 55.3 Å². The van der Waals surface area contributed by atoms with Gasteiger partial charge in [0.25, 0.3) is 5.91 Å². The van der Waals surface area contributed by atoms with Crippen molar-refractivity contribution in [1.82, 2.24) is 14.5 Å². The van der Waals surface area contributed by atoms with E-state index in [-0.39, 0.29) is 28.7 Å². The van der Waals surface area contributed by atoms with E-state index in [0.29, 0.717) is 18.7 Å². The van der Waals surface area contributed by atoms with Crippen molar-refractivity contribution in [3.8, 4) is 0 Å². The summed E-state index contributed by atoms with van der Waals surface area (Å²) in [5.41, 5.74) is 0.434. The van der Waals surface area contributed by atoms with Crippen molar-refractivity contribution < 1.29 is 18.0 Å². The van der Waals surface area contributed by atoms with Gasteiger partial charge < -0.3 is 10.2 Å². The largest absolute Gasteiger partial charge is 0.349 e. The minimum Gasteiger partial charge on any atom is -0.349 e. The fraction of sp³-hybridized carbons (Fsp3) is 0.619. The Balaban J connectivity index is 1.51. The van der Waals surface area contributed by atoms with Crippen LogP contribution >= 0.6 is 0 Å². The number of hydrogen-bond donors (Lipinski definition) is 1. The van der Waals surface area contributed by atoms with Gasteiger partial charge in [0.05, 0.1) is 4.90 Å². The van der Waals surface area contributed by atoms with Crippen LogP contribution in [0, 0.1) is 5.92 Å². The van der Waals surface area contributed by atoms with Crippen LogP contribution in [0.25, 0.3) is 0 Å². The van der Waals surface area contributed by atoms with Gasteiger partial charge in [0, 0.05) is 44.7 Å². The van der Waals surface area contributed by atoms with Crippen molar-refractivity contribution in [3.63, 3.8) is 0 Å². The number of carbonyl (C=O) groups excluding carboxylic acids is 2. The normalized spacial score (nSPS) is 19.3. The number of nitrogens with one attached hydrogen (secondary N) is 1. The van der Waals surface area contributed by atoms with Crippen LogP contribution in [-0.4, -0.2) is 62.7 Å². The number of benzene rings is 1. The van der Waals surface area contributed by atoms with Crippen LogP contribution in [0.15, 0.2) is 29.2 Å². The Bertz CT molecular complexity index is 822. The molecule has 8 heteroatoms. The number of likely N-dealkylation sites (tertiary alicyclic amines) is 1. The van der Waals surface area contributed by atoms with Crippen molar-refractivity contribution in [3.05, 3.63) is 29.8 Å². The lowest BCUT2D eigenvalue weighted by molar-refractivity contribution is -0.137. The third kappa shape index (κ3) is 5.17. The highest BCUT2D eigenvalue weighted by molar-refractivity contribution is 7.89. The van der Waals surface area contributed by atoms with Crippen LogP contribution in [0.3, 0.4) is 0 Å². The molecule has 1 saturated carbocycles. The minimum absolute atomic E-state index is 0.0306. The van der Waals surface area contributed by atoms with Crippen molar-refractivity contribution in [1.29, 1.82) is 0 Å². The molecule has 2 aliphatic rings. The number of rotatable bonds is 5. The number of carbonyl (C=O) groups is 2. The SMILES string of the molecule is CN(C)S(=O)(=O)c1ccc(C(=O)NC2CCN(C(=O)C3CCCCC3)CC2)cc1. The molecule has 1 aliphatic carbocycles. The van der Waals surface area contributed by atoms with Crippen molar-refractivity contribution in [2.75, 3.05) is 27.2 Å². The van der Waals surface area contributed by atoms with Gasteiger partial charge in [-0.25, -0.2) is 12.7 Å². The average molecular weight is 422 g/mol. The van der Waals surface area contributed by atoms with Crippen molar-refractivity contribution >= 4 is 21.8 Å². The summed E-state index contributed by atoms with van der Waals surface area (Å²) in [6.07, 6.45) is 7.05. The highest BCUT2D eigenvalue weighted by Gasteiger charge is 2.29. The Morgan fingerprint density at radius 1 is 0.966 bits per heavy atom. The zero-order valence-corrected chi connectivity index (χ0v) is 18.1. The Labute approximate surface area is 173 Å². The molecule has 1 N–H and O–H groups in total. The second-order valence-electron chi connectivity index (χ2n) is 8.22. The second kappa shape index (κ2) is 9.26. The van der Waals surface area contributed by atoms with E-state index in [4.69, 9.17) is 0 Å². The first-order valence-corrected chi connectivity index (χ1v) is 11.9. The molecule has 2 amide bonds. The predicted octanol–water partition coefficient (Wildman–Crippen LogP) is 2.24. The molecule has 0 spiro atoms. The summed E-state index contributed by atoms with van der Waals surface area (Å²) in [6.45, 7) is 1.36. The second-order valence-corrected chi connectivity index (χ2v) is 10.4. The molecule has 1 aromatic carbocycles. The van der Waals surface area contributed by atoms with E-state index in [1.807, 2.05) is 4.90 Å². The predicted molar refractivity (Wildman–Crippen MR) is 111 cm³/mol. The summed E-state index contributed by atoms with van der Waals surface area (Å²) in [7, 11) is -0.559. The lowest BCUT2D eigenvalue weighted by Crippen LogP contribution is -2.48. The number of amides is 2. The molecule has 0 atom stereocenters. The van der Waals surface area contributed by atoms with E-state index in [0.717, 1.165) is 42.8 Å². The molecule has 0 bridgehead atoms. The summed E-state index contributed by atoms with van der Waals surface area (Å²) < 4.78 is 25.4. The van der Waals surface area contributed by atoms with E-state index >= 15 is 0 Å². The Hall–Kier alpha value is -1.93. The Morgan fingerprint density at radius 2 is 1.55 bits per heavy atom. The first-order chi connectivity index (χ1) is 13.8. The van der Waals surface area contributed by atoms with E-state index in [9.17, 15) is 18.0 Å². The maximum atomic E-state index is 12.7. The van der Waals surface area contributed by atoms with Gasteiger partial charge in [-0.2, -0.15) is 0 Å². The maximum Gasteiger partial charge on any atom is 0.251 e. The first-order valence-electron chi connectivity index (χ1n) is 10.4. The van der Waals surface area contributed by atoms with Crippen molar-refractivity contribution in [2.24, 2.45) is 5.92 Å². The van der Waals surface area contributed by atoms with E-state index in [1.165, 1.54) is 44.8 Å². The van der Waals surface area contributed by atoms with Crippen LogP contribution in [0.2, 0.25) is 0 Å². The number of nitrogens with zero attached hydrogens (tertiary/aromatic N) is 2. The molecule has 29 heavy (non-hydrogen) atoms. The lowest BCUT2D eigenvalue weighted by atomic mass is 9.87. The van der Waals surface area contributed by atoms with Gasteiger partial charge in [-0.05, 0) is 49.9 Å². The number of piperidine rings is 1. The molecule has 3 rings (SSSR count). The highest BCUT2D eigenvalue weighted by Crippen LogP contribution is 2.26.